The topological polar surface area (TPSA) is 180 Å². The van der Waals surface area contributed by atoms with Crippen LogP contribution in [0.2, 0.25) is 0 Å². The molecule has 45 heavy (non-hydrogen) atoms. The number of hydrogen-bond donors (Lipinski definition) is 4. The second-order valence-corrected chi connectivity index (χ2v) is 15.5. The Balaban J connectivity index is 1.53. The summed E-state index contributed by atoms with van der Waals surface area (Å²) in [6.07, 6.45) is -2.06. The van der Waals surface area contributed by atoms with E-state index in [0.717, 1.165) is 5.56 Å². The molecule has 14 heteroatoms. The first-order chi connectivity index (χ1) is 20.8. The lowest BCUT2D eigenvalue weighted by Gasteiger charge is -2.28. The number of aliphatic hydroxyl groups excluding tert-OH is 2. The van der Waals surface area contributed by atoms with Gasteiger partial charge in [0.05, 0.1) is 18.9 Å². The van der Waals surface area contributed by atoms with E-state index in [1.165, 1.54) is 17.8 Å². The van der Waals surface area contributed by atoms with Gasteiger partial charge in [0.25, 0.3) is 0 Å². The average molecular weight is 648 g/mol. The molecule has 0 amide bonds. The van der Waals surface area contributed by atoms with Crippen LogP contribution >= 0.6 is 7.75 Å². The largest absolute Gasteiger partial charge is 0.465 e. The quantitative estimate of drug-likeness (QED) is 0.173. The molecule has 0 aliphatic carbocycles. The molecule has 1 saturated heterocycles. The number of rotatable bonds is 11. The first-order valence-electron chi connectivity index (χ1n) is 14.9. The third-order valence-electron chi connectivity index (χ3n) is 7.81. The van der Waals surface area contributed by atoms with Crippen molar-refractivity contribution in [2.75, 3.05) is 18.9 Å². The van der Waals surface area contributed by atoms with Crippen molar-refractivity contribution in [2.45, 2.75) is 97.2 Å². The van der Waals surface area contributed by atoms with E-state index in [-0.39, 0.29) is 29.0 Å². The van der Waals surface area contributed by atoms with Crippen molar-refractivity contribution in [3.05, 3.63) is 54.0 Å². The number of esters is 1. The maximum absolute atomic E-state index is 14.2. The summed E-state index contributed by atoms with van der Waals surface area (Å²) in [5, 5.41) is 29.0. The molecular weight excluding hydrogens is 601 g/mol. The first-order valence-corrected chi connectivity index (χ1v) is 16.5. The Morgan fingerprint density at radius 2 is 1.82 bits per heavy atom. The van der Waals surface area contributed by atoms with Gasteiger partial charge in [-0.2, -0.15) is 10.2 Å². The molecule has 1 unspecified atom stereocenters. The minimum absolute atomic E-state index is 0.0361. The number of carbonyl (C=O) groups is 1. The lowest BCUT2D eigenvalue weighted by atomic mass is 9.87. The predicted molar refractivity (Wildman–Crippen MR) is 169 cm³/mol. The second kappa shape index (κ2) is 13.0. The van der Waals surface area contributed by atoms with Crippen molar-refractivity contribution in [1.29, 1.82) is 0 Å². The highest BCUT2D eigenvalue weighted by molar-refractivity contribution is 7.52. The molecule has 1 fully saturated rings. The van der Waals surface area contributed by atoms with E-state index in [1.807, 2.05) is 32.9 Å². The van der Waals surface area contributed by atoms with Gasteiger partial charge in [0, 0.05) is 0 Å². The fraction of sp³-hybridized carbons (Fsp3) is 0.581. The number of nitrogens with two attached hydrogens (primary N) is 1. The van der Waals surface area contributed by atoms with Crippen molar-refractivity contribution < 1.29 is 38.1 Å². The molecule has 5 N–H and O–H groups in total. The Labute approximate surface area is 264 Å². The second-order valence-electron chi connectivity index (χ2n) is 13.8. The van der Waals surface area contributed by atoms with Crippen molar-refractivity contribution in [2.24, 2.45) is 5.41 Å². The molecule has 0 radical (unpaired) electrons. The zero-order valence-electron chi connectivity index (χ0n) is 27.2. The van der Waals surface area contributed by atoms with Crippen LogP contribution in [0, 0.1) is 5.41 Å². The summed E-state index contributed by atoms with van der Waals surface area (Å²) in [7, 11) is -4.28. The highest BCUT2D eigenvalue weighted by atomic mass is 31.2. The highest BCUT2D eigenvalue weighted by Crippen LogP contribution is 2.47. The molecular formula is C31H46N5O8P. The summed E-state index contributed by atoms with van der Waals surface area (Å²) in [6, 6.07) is 9.33. The maximum atomic E-state index is 14.2. The fourth-order valence-corrected chi connectivity index (χ4v) is 6.45. The maximum Gasteiger partial charge on any atom is 0.459 e. The number of benzene rings is 1. The molecule has 1 aliphatic heterocycles. The van der Waals surface area contributed by atoms with Crippen LogP contribution in [0.1, 0.15) is 73.1 Å². The van der Waals surface area contributed by atoms with Crippen LogP contribution in [0.4, 0.5) is 5.82 Å². The molecule has 1 aliphatic rings. The third kappa shape index (κ3) is 8.03. The Bertz CT molecular complexity index is 1530. The van der Waals surface area contributed by atoms with Gasteiger partial charge in [-0.1, -0.05) is 53.7 Å². The van der Waals surface area contributed by atoms with Crippen LogP contribution in [0.5, 0.6) is 5.75 Å². The van der Waals surface area contributed by atoms with Crippen LogP contribution in [0.15, 0.2) is 42.7 Å². The van der Waals surface area contributed by atoms with Crippen LogP contribution in [-0.2, 0) is 34.4 Å². The molecule has 2 aromatic heterocycles. The summed E-state index contributed by atoms with van der Waals surface area (Å²) in [5.41, 5.74) is 6.33. The minimum Gasteiger partial charge on any atom is -0.465 e. The number of ether oxygens (including phenoxy) is 2. The summed E-state index contributed by atoms with van der Waals surface area (Å²) in [4.78, 5) is 16.8. The van der Waals surface area contributed by atoms with Crippen molar-refractivity contribution in [3.63, 3.8) is 0 Å². The van der Waals surface area contributed by atoms with E-state index in [0.29, 0.717) is 17.6 Å². The van der Waals surface area contributed by atoms with Gasteiger partial charge in [-0.25, -0.2) is 14.1 Å². The van der Waals surface area contributed by atoms with Gasteiger partial charge in [-0.05, 0) is 60.9 Å². The zero-order valence-corrected chi connectivity index (χ0v) is 28.1. The van der Waals surface area contributed by atoms with E-state index in [4.69, 9.17) is 24.3 Å². The molecule has 4 rings (SSSR count). The number of anilines is 1. The molecule has 1 aromatic carbocycles. The molecule has 0 bridgehead atoms. The van der Waals surface area contributed by atoms with Gasteiger partial charge in [0.2, 0.25) is 0 Å². The van der Waals surface area contributed by atoms with Crippen LogP contribution < -0.4 is 15.3 Å². The smallest absolute Gasteiger partial charge is 0.459 e. The molecule has 6 atom stereocenters. The van der Waals surface area contributed by atoms with Gasteiger partial charge in [-0.3, -0.25) is 9.32 Å². The summed E-state index contributed by atoms with van der Waals surface area (Å²) < 4.78 is 38.8. The molecule has 13 nitrogen and oxygen atoms in total. The van der Waals surface area contributed by atoms with E-state index in [9.17, 15) is 19.6 Å². The van der Waals surface area contributed by atoms with Crippen LogP contribution in [0.3, 0.4) is 0 Å². The number of carbonyl (C=O) groups excluding carboxylic acids is 1. The number of aromatic nitrogens is 3. The fourth-order valence-electron chi connectivity index (χ4n) is 4.95. The standard InChI is InChI=1S/C31H46N5O8P/c1-19(28(39)41-16-15-29(2,3)4)35-45(40,44-21-11-9-20(10-12-21)30(5,6)7)42-17-23-25(37)26(38)31(8,43-23)24-14-13-22-27(32)33-18-34-36(22)24/h9-14,18-19,23,25-26,37-38H,15-17H2,1-8H3,(H,35,40)(H2,32,33,34)/t19-,23+,25+,26+,31-,45?/m0/s1. The van der Waals surface area contributed by atoms with Crippen molar-refractivity contribution >= 4 is 25.1 Å². The summed E-state index contributed by atoms with van der Waals surface area (Å²) >= 11 is 0. The number of nitrogens with one attached hydrogen (secondary N) is 1. The van der Waals surface area contributed by atoms with Gasteiger partial charge < -0.3 is 29.9 Å². The molecule has 248 valence electrons. The van der Waals surface area contributed by atoms with E-state index in [1.54, 1.807) is 31.2 Å². The Kier molecular flexibility index (Phi) is 10.0. The zero-order chi connectivity index (χ0) is 33.4. The Morgan fingerprint density at radius 3 is 2.44 bits per heavy atom. The van der Waals surface area contributed by atoms with E-state index < -0.39 is 50.3 Å². The number of hydrogen-bond acceptors (Lipinski definition) is 11. The monoisotopic (exact) mass is 647 g/mol. The molecule has 0 spiro atoms. The lowest BCUT2D eigenvalue weighted by molar-refractivity contribution is -0.146. The SMILES string of the molecule is C[C@H](NP(=O)(OC[C@H]1O[C@@](C)(c2ccc3c(N)ncnn23)[C@H](O)[C@@H]1O)Oc1ccc(C(C)(C)C)cc1)C(=O)OCCC(C)(C)C. The Morgan fingerprint density at radius 1 is 1.16 bits per heavy atom. The Hall–Kier alpha value is -3.06. The lowest BCUT2D eigenvalue weighted by Crippen LogP contribution is -2.40. The van der Waals surface area contributed by atoms with Gasteiger partial charge in [0.1, 0.15) is 47.5 Å². The first kappa shape index (κ1) is 34.8. The number of aliphatic hydroxyl groups is 2. The molecule has 0 saturated carbocycles. The van der Waals surface area contributed by atoms with Gasteiger partial charge >= 0.3 is 13.7 Å². The van der Waals surface area contributed by atoms with Crippen LogP contribution in [0.25, 0.3) is 5.52 Å². The molecule has 3 heterocycles. The summed E-state index contributed by atoms with van der Waals surface area (Å²) in [6.45, 7) is 15.1. The number of fused-ring (bicyclic) bond motifs is 1. The van der Waals surface area contributed by atoms with Crippen molar-refractivity contribution in [1.82, 2.24) is 19.7 Å². The van der Waals surface area contributed by atoms with E-state index in [2.05, 4.69) is 35.9 Å². The van der Waals surface area contributed by atoms with Gasteiger partial charge in [0.15, 0.2) is 5.82 Å². The van der Waals surface area contributed by atoms with Crippen molar-refractivity contribution in [3.8, 4) is 5.75 Å². The molecule has 3 aromatic rings. The highest BCUT2D eigenvalue weighted by Gasteiger charge is 2.54. The third-order valence-corrected chi connectivity index (χ3v) is 9.46. The van der Waals surface area contributed by atoms with Crippen LogP contribution in [-0.4, -0.2) is 68.3 Å². The average Bonchev–Trinajstić information content (AvgIpc) is 3.48. The minimum atomic E-state index is -4.28. The normalized spacial score (nSPS) is 24.4. The van der Waals surface area contributed by atoms with Gasteiger partial charge in [-0.15, -0.1) is 0 Å². The predicted octanol–water partition coefficient (Wildman–Crippen LogP) is 4.11. The number of nitrogens with zero attached hydrogens (tertiary/aromatic N) is 3. The van der Waals surface area contributed by atoms with E-state index >= 15 is 0 Å². The number of nitrogen functional groups attached to an aromatic ring is 1. The summed E-state index contributed by atoms with van der Waals surface area (Å²) in [5.74, 6) is -0.156.